The quantitative estimate of drug-likeness (QED) is 0.593. The lowest BCUT2D eigenvalue weighted by atomic mass is 9.95. The molecule has 2 aromatic heterocycles. The molecule has 5 atom stereocenters. The molecule has 0 amide bonds. The highest BCUT2D eigenvalue weighted by atomic mass is 32.1. The summed E-state index contributed by atoms with van der Waals surface area (Å²) >= 11 is 0.752. The molecular weight excluding hydrogens is 336 g/mol. The predicted octanol–water partition coefficient (Wildman–Crippen LogP) is -0.216. The smallest absolute Gasteiger partial charge is 0.311 e. The van der Waals surface area contributed by atoms with E-state index >= 15 is 0 Å². The lowest BCUT2D eigenvalue weighted by Gasteiger charge is -2.22. The van der Waals surface area contributed by atoms with Gasteiger partial charge in [-0.05, 0) is 19.8 Å². The van der Waals surface area contributed by atoms with Crippen LogP contribution in [0.25, 0.3) is 10.3 Å². The average Bonchev–Trinajstić information content (AvgIpc) is 3.07. The molecule has 0 saturated carbocycles. The van der Waals surface area contributed by atoms with Crippen molar-refractivity contribution in [3.8, 4) is 0 Å². The highest BCUT2D eigenvalue weighted by molar-refractivity contribution is 7.16. The molecule has 1 unspecified atom stereocenters. The van der Waals surface area contributed by atoms with E-state index in [2.05, 4.69) is 9.97 Å². The van der Waals surface area contributed by atoms with E-state index < -0.39 is 40.9 Å². The number of ether oxygens (including phenoxy) is 1. The Hall–Kier alpha value is -1.75. The van der Waals surface area contributed by atoms with Crippen molar-refractivity contribution in [2.45, 2.75) is 51.2 Å². The number of aromatic amines is 1. The van der Waals surface area contributed by atoms with Gasteiger partial charge < -0.3 is 20.7 Å². The summed E-state index contributed by atoms with van der Waals surface area (Å²) < 4.78 is 7.28. The Bertz CT molecular complexity index is 857. The Labute approximate surface area is 140 Å². The molecular formula is C14H20N4O5S. The molecule has 3 heterocycles. The van der Waals surface area contributed by atoms with E-state index in [9.17, 15) is 19.8 Å². The maximum Gasteiger partial charge on any atom is 0.311 e. The predicted molar refractivity (Wildman–Crippen MR) is 88.9 cm³/mol. The second-order valence-corrected chi connectivity index (χ2v) is 6.98. The van der Waals surface area contributed by atoms with Crippen LogP contribution in [0.3, 0.4) is 0 Å². The summed E-state index contributed by atoms with van der Waals surface area (Å²) in [6.07, 6.45) is -1.87. The number of nitrogens with two attached hydrogens (primary N) is 1. The summed E-state index contributed by atoms with van der Waals surface area (Å²) in [5.41, 5.74) is 5.23. The Morgan fingerprint density at radius 3 is 2.83 bits per heavy atom. The van der Waals surface area contributed by atoms with E-state index in [0.717, 1.165) is 11.3 Å². The van der Waals surface area contributed by atoms with E-state index in [4.69, 9.17) is 10.5 Å². The van der Waals surface area contributed by atoms with E-state index in [1.54, 1.807) is 6.92 Å². The first-order valence-corrected chi connectivity index (χ1v) is 8.57. The van der Waals surface area contributed by atoms with Crippen molar-refractivity contribution in [2.75, 3.05) is 5.73 Å². The lowest BCUT2D eigenvalue weighted by molar-refractivity contribution is -0.0733. The molecule has 24 heavy (non-hydrogen) atoms. The minimum Gasteiger partial charge on any atom is -0.393 e. The Morgan fingerprint density at radius 1 is 1.50 bits per heavy atom. The van der Waals surface area contributed by atoms with Gasteiger partial charge >= 0.3 is 4.87 Å². The van der Waals surface area contributed by atoms with Crippen molar-refractivity contribution in [1.29, 1.82) is 0 Å². The van der Waals surface area contributed by atoms with Gasteiger partial charge in [-0.3, -0.25) is 19.1 Å². The molecule has 3 rings (SSSR count). The number of thiazole rings is 1. The number of hydrogen-bond acceptors (Lipinski definition) is 8. The van der Waals surface area contributed by atoms with Gasteiger partial charge in [-0.1, -0.05) is 18.3 Å². The number of aromatic nitrogens is 3. The zero-order valence-electron chi connectivity index (χ0n) is 13.3. The van der Waals surface area contributed by atoms with Gasteiger partial charge in [-0.15, -0.1) is 0 Å². The van der Waals surface area contributed by atoms with Gasteiger partial charge in [0.25, 0.3) is 5.56 Å². The van der Waals surface area contributed by atoms with Gasteiger partial charge in [0.1, 0.15) is 10.9 Å². The summed E-state index contributed by atoms with van der Waals surface area (Å²) in [7, 11) is 0. The van der Waals surface area contributed by atoms with Crippen LogP contribution in [0, 0.1) is 5.92 Å². The number of rotatable bonds is 4. The molecule has 1 aliphatic heterocycles. The fourth-order valence-electron chi connectivity index (χ4n) is 3.09. The number of aliphatic hydroxyl groups is 2. The first kappa shape index (κ1) is 17.1. The maximum absolute atomic E-state index is 12.4. The van der Waals surface area contributed by atoms with Crippen molar-refractivity contribution >= 4 is 27.6 Å². The molecule has 10 heteroatoms. The first-order chi connectivity index (χ1) is 11.3. The standard InChI is InChI=1S/C14H20N4O5S/c1-3-7(20)8-4-6(5(2)19)12(23-8)18-10-9(24-14(18)22)11(21)17-13(15)16-10/h5-8,12,19-20H,3-4H2,1-2H3,(H3,15,16,17,21)/t5-,6-,7-,8?,12+/m0/s1. The molecule has 0 aliphatic carbocycles. The van der Waals surface area contributed by atoms with E-state index in [1.807, 2.05) is 6.92 Å². The van der Waals surface area contributed by atoms with E-state index in [1.165, 1.54) is 4.57 Å². The lowest BCUT2D eigenvalue weighted by Crippen LogP contribution is -2.30. The molecule has 5 N–H and O–H groups in total. The van der Waals surface area contributed by atoms with Crippen molar-refractivity contribution in [1.82, 2.24) is 14.5 Å². The van der Waals surface area contributed by atoms with Crippen LogP contribution in [0.2, 0.25) is 0 Å². The van der Waals surface area contributed by atoms with Crippen molar-refractivity contribution < 1.29 is 14.9 Å². The number of fused-ring (bicyclic) bond motifs is 1. The van der Waals surface area contributed by atoms with Crippen LogP contribution in [0.4, 0.5) is 5.95 Å². The third-order valence-electron chi connectivity index (χ3n) is 4.40. The third-order valence-corrected chi connectivity index (χ3v) is 5.34. The zero-order valence-corrected chi connectivity index (χ0v) is 14.1. The molecule has 0 bridgehead atoms. The van der Waals surface area contributed by atoms with E-state index in [-0.39, 0.29) is 16.3 Å². The van der Waals surface area contributed by atoms with Gasteiger partial charge in [0.05, 0.1) is 18.3 Å². The molecule has 2 aromatic rings. The van der Waals surface area contributed by atoms with Crippen LogP contribution in [-0.4, -0.2) is 43.1 Å². The molecule has 1 aliphatic rings. The second kappa shape index (κ2) is 6.28. The van der Waals surface area contributed by atoms with Gasteiger partial charge in [0.15, 0.2) is 5.65 Å². The number of H-pyrrole nitrogens is 1. The van der Waals surface area contributed by atoms with Gasteiger partial charge in [0, 0.05) is 5.92 Å². The Kier molecular flexibility index (Phi) is 4.47. The van der Waals surface area contributed by atoms with Crippen LogP contribution in [0.15, 0.2) is 9.59 Å². The van der Waals surface area contributed by atoms with Crippen molar-refractivity contribution in [3.05, 3.63) is 20.0 Å². The normalized spacial score (nSPS) is 26.8. The highest BCUT2D eigenvalue weighted by Gasteiger charge is 2.43. The summed E-state index contributed by atoms with van der Waals surface area (Å²) in [6, 6.07) is 0. The first-order valence-electron chi connectivity index (χ1n) is 7.75. The van der Waals surface area contributed by atoms with Gasteiger partial charge in [0.2, 0.25) is 5.95 Å². The Morgan fingerprint density at radius 2 is 2.21 bits per heavy atom. The highest BCUT2D eigenvalue weighted by Crippen LogP contribution is 2.39. The van der Waals surface area contributed by atoms with Crippen molar-refractivity contribution in [3.63, 3.8) is 0 Å². The third kappa shape index (κ3) is 2.75. The molecule has 132 valence electrons. The van der Waals surface area contributed by atoms with Crippen LogP contribution >= 0.6 is 11.3 Å². The number of nitrogens with one attached hydrogen (secondary N) is 1. The number of nitrogens with zero attached hydrogens (tertiary/aromatic N) is 2. The zero-order chi connectivity index (χ0) is 17.6. The minimum absolute atomic E-state index is 0.101. The number of anilines is 1. The number of hydrogen-bond donors (Lipinski definition) is 4. The summed E-state index contributed by atoms with van der Waals surface area (Å²) in [5, 5.41) is 20.1. The second-order valence-electron chi connectivity index (χ2n) is 6.02. The van der Waals surface area contributed by atoms with Gasteiger partial charge in [-0.25, -0.2) is 0 Å². The topological polar surface area (TPSA) is 143 Å². The largest absolute Gasteiger partial charge is 0.393 e. The molecule has 1 fully saturated rings. The summed E-state index contributed by atoms with van der Waals surface area (Å²) in [6.45, 7) is 3.43. The fourth-order valence-corrected chi connectivity index (χ4v) is 3.93. The fraction of sp³-hybridized carbons (Fsp3) is 0.643. The minimum atomic E-state index is -0.814. The molecule has 0 aromatic carbocycles. The van der Waals surface area contributed by atoms with Gasteiger partial charge in [-0.2, -0.15) is 4.98 Å². The molecule has 0 spiro atoms. The monoisotopic (exact) mass is 356 g/mol. The van der Waals surface area contributed by atoms with E-state index in [0.29, 0.717) is 12.8 Å². The Balaban J connectivity index is 2.13. The molecule has 0 radical (unpaired) electrons. The summed E-state index contributed by atoms with van der Waals surface area (Å²) in [4.78, 5) is 30.4. The molecule has 1 saturated heterocycles. The number of nitrogen functional groups attached to an aromatic ring is 1. The van der Waals surface area contributed by atoms with Crippen LogP contribution < -0.4 is 16.2 Å². The van der Waals surface area contributed by atoms with Crippen LogP contribution in [-0.2, 0) is 4.74 Å². The summed E-state index contributed by atoms with van der Waals surface area (Å²) in [5.74, 6) is -0.509. The van der Waals surface area contributed by atoms with Crippen LogP contribution in [0.1, 0.15) is 32.9 Å². The SMILES string of the molecule is CC[C@H](O)C1C[C@@H]([C@H](C)O)[C@H](n2c(=O)sc3c(=O)[nH]c(N)nc32)O1. The number of aliphatic hydroxyl groups excluding tert-OH is 2. The molecule has 9 nitrogen and oxygen atoms in total. The van der Waals surface area contributed by atoms with Crippen molar-refractivity contribution in [2.24, 2.45) is 5.92 Å². The average molecular weight is 356 g/mol. The maximum atomic E-state index is 12.4. The van der Waals surface area contributed by atoms with Crippen LogP contribution in [0.5, 0.6) is 0 Å².